The molecule has 0 amide bonds. The van der Waals surface area contributed by atoms with Crippen LogP contribution in [0, 0.1) is 0 Å². The first-order chi connectivity index (χ1) is 8.83. The van der Waals surface area contributed by atoms with Gasteiger partial charge in [0.15, 0.2) is 0 Å². The van der Waals surface area contributed by atoms with Gasteiger partial charge in [0.25, 0.3) is 0 Å². The van der Waals surface area contributed by atoms with E-state index in [-0.39, 0.29) is 0 Å². The lowest BCUT2D eigenvalue weighted by Gasteiger charge is -2.13. The number of methoxy groups -OCH3 is 1. The minimum absolute atomic E-state index is 0.815. The summed E-state index contributed by atoms with van der Waals surface area (Å²) >= 11 is 0. The van der Waals surface area contributed by atoms with Crippen molar-refractivity contribution < 1.29 is 4.74 Å². The number of hydrogen-bond acceptors (Lipinski definition) is 5. The Balaban J connectivity index is 2.57. The van der Waals surface area contributed by atoms with Gasteiger partial charge in [0.05, 0.1) is 0 Å². The highest BCUT2D eigenvalue weighted by Gasteiger charge is 2.08. The van der Waals surface area contributed by atoms with Crippen LogP contribution >= 0.6 is 0 Å². The lowest BCUT2D eigenvalue weighted by molar-refractivity contribution is 0.194. The Morgan fingerprint density at radius 1 is 1.22 bits per heavy atom. The number of hydrogen-bond donors (Lipinski definition) is 2. The number of nitrogens with zero attached hydrogens (tertiary/aromatic N) is 2. The Morgan fingerprint density at radius 3 is 2.67 bits per heavy atom. The summed E-state index contributed by atoms with van der Waals surface area (Å²) in [5.74, 6) is 1.87. The molecule has 0 spiro atoms. The summed E-state index contributed by atoms with van der Waals surface area (Å²) < 4.78 is 5.03. The van der Waals surface area contributed by atoms with Gasteiger partial charge in [-0.3, -0.25) is 0 Å². The Hall–Kier alpha value is -1.36. The van der Waals surface area contributed by atoms with Crippen molar-refractivity contribution in [3.8, 4) is 0 Å². The second-order valence-corrected chi connectivity index (χ2v) is 4.18. The third-order valence-corrected chi connectivity index (χ3v) is 2.75. The van der Waals surface area contributed by atoms with Crippen LogP contribution in [0.2, 0.25) is 0 Å². The second kappa shape index (κ2) is 8.69. The van der Waals surface area contributed by atoms with Gasteiger partial charge in [0.1, 0.15) is 18.0 Å². The number of rotatable bonds is 9. The van der Waals surface area contributed by atoms with E-state index in [1.807, 2.05) is 7.05 Å². The second-order valence-electron chi connectivity index (χ2n) is 4.18. The van der Waals surface area contributed by atoms with Crippen molar-refractivity contribution in [3.05, 3.63) is 11.9 Å². The van der Waals surface area contributed by atoms with Crippen LogP contribution in [-0.4, -0.2) is 37.3 Å². The Morgan fingerprint density at radius 2 is 2.00 bits per heavy atom. The molecule has 0 radical (unpaired) electrons. The van der Waals surface area contributed by atoms with Crippen LogP contribution in [-0.2, 0) is 11.2 Å². The molecule has 5 nitrogen and oxygen atoms in total. The summed E-state index contributed by atoms with van der Waals surface area (Å²) in [5, 5.41) is 6.51. The topological polar surface area (TPSA) is 59.1 Å². The molecule has 0 saturated carbocycles. The molecule has 0 atom stereocenters. The third-order valence-electron chi connectivity index (χ3n) is 2.75. The lowest BCUT2D eigenvalue weighted by atomic mass is 10.1. The SMILES string of the molecule is CCCc1c(NC)ncnc1NCCCCOC. The molecule has 1 aromatic rings. The predicted octanol–water partition coefficient (Wildman–Crippen LogP) is 2.31. The van der Waals surface area contributed by atoms with Crippen LogP contribution in [0.25, 0.3) is 0 Å². The summed E-state index contributed by atoms with van der Waals surface area (Å²) in [4.78, 5) is 8.58. The molecule has 0 fully saturated rings. The number of aromatic nitrogens is 2. The zero-order valence-corrected chi connectivity index (χ0v) is 11.6. The first kappa shape index (κ1) is 14.7. The van der Waals surface area contributed by atoms with Gasteiger partial charge in [-0.1, -0.05) is 13.3 Å². The molecule has 18 heavy (non-hydrogen) atoms. The molecule has 5 heteroatoms. The number of unbranched alkanes of at least 4 members (excludes halogenated alkanes) is 1. The first-order valence-corrected chi connectivity index (χ1v) is 6.57. The van der Waals surface area contributed by atoms with E-state index in [9.17, 15) is 0 Å². The van der Waals surface area contributed by atoms with E-state index >= 15 is 0 Å². The summed E-state index contributed by atoms with van der Waals surface area (Å²) in [6.45, 7) is 3.89. The maximum absolute atomic E-state index is 5.03. The fraction of sp³-hybridized carbons (Fsp3) is 0.692. The van der Waals surface area contributed by atoms with Gasteiger partial charge in [0, 0.05) is 32.9 Å². The van der Waals surface area contributed by atoms with Gasteiger partial charge in [-0.2, -0.15) is 0 Å². The molecule has 0 aromatic carbocycles. The van der Waals surface area contributed by atoms with E-state index in [0.29, 0.717) is 0 Å². The Bertz CT molecular complexity index is 344. The van der Waals surface area contributed by atoms with Crippen LogP contribution in [0.4, 0.5) is 11.6 Å². The van der Waals surface area contributed by atoms with Crippen molar-refractivity contribution in [2.24, 2.45) is 0 Å². The van der Waals surface area contributed by atoms with E-state index in [1.54, 1.807) is 13.4 Å². The quantitative estimate of drug-likeness (QED) is 0.660. The van der Waals surface area contributed by atoms with E-state index in [1.165, 1.54) is 5.56 Å². The minimum Gasteiger partial charge on any atom is -0.385 e. The molecule has 1 heterocycles. The van der Waals surface area contributed by atoms with Crippen molar-refractivity contribution >= 4 is 11.6 Å². The van der Waals surface area contributed by atoms with Crippen LogP contribution < -0.4 is 10.6 Å². The Labute approximate surface area is 109 Å². The predicted molar refractivity (Wildman–Crippen MR) is 75.2 cm³/mol. The summed E-state index contributed by atoms with van der Waals surface area (Å²) in [5.41, 5.74) is 1.18. The van der Waals surface area contributed by atoms with E-state index in [0.717, 1.165) is 50.5 Å². The van der Waals surface area contributed by atoms with Crippen molar-refractivity contribution in [2.75, 3.05) is 37.9 Å². The van der Waals surface area contributed by atoms with Crippen molar-refractivity contribution in [1.29, 1.82) is 0 Å². The molecule has 0 unspecified atom stereocenters. The molecule has 1 aromatic heterocycles. The summed E-state index contributed by atoms with van der Waals surface area (Å²) in [6.07, 6.45) is 5.81. The van der Waals surface area contributed by atoms with Crippen molar-refractivity contribution in [3.63, 3.8) is 0 Å². The number of nitrogens with one attached hydrogen (secondary N) is 2. The van der Waals surface area contributed by atoms with E-state index < -0.39 is 0 Å². The van der Waals surface area contributed by atoms with Crippen LogP contribution in [0.15, 0.2) is 6.33 Å². The van der Waals surface area contributed by atoms with Gasteiger partial charge < -0.3 is 15.4 Å². The molecular weight excluding hydrogens is 228 g/mol. The molecule has 1 rings (SSSR count). The van der Waals surface area contributed by atoms with E-state index in [2.05, 4.69) is 27.5 Å². The van der Waals surface area contributed by atoms with Gasteiger partial charge in [-0.15, -0.1) is 0 Å². The summed E-state index contributed by atoms with van der Waals surface area (Å²) in [7, 11) is 3.63. The maximum Gasteiger partial charge on any atom is 0.134 e. The smallest absolute Gasteiger partial charge is 0.134 e. The zero-order valence-electron chi connectivity index (χ0n) is 11.6. The highest BCUT2D eigenvalue weighted by Crippen LogP contribution is 2.21. The monoisotopic (exact) mass is 252 g/mol. The molecule has 0 aliphatic rings. The normalized spacial score (nSPS) is 10.4. The van der Waals surface area contributed by atoms with Gasteiger partial charge in [-0.25, -0.2) is 9.97 Å². The van der Waals surface area contributed by atoms with Gasteiger partial charge in [0.2, 0.25) is 0 Å². The van der Waals surface area contributed by atoms with Crippen LogP contribution in [0.3, 0.4) is 0 Å². The average Bonchev–Trinajstić information content (AvgIpc) is 2.40. The van der Waals surface area contributed by atoms with Crippen molar-refractivity contribution in [2.45, 2.75) is 32.6 Å². The largest absolute Gasteiger partial charge is 0.385 e. The summed E-state index contributed by atoms with van der Waals surface area (Å²) in [6, 6.07) is 0. The maximum atomic E-state index is 5.03. The molecule has 0 saturated heterocycles. The fourth-order valence-corrected chi connectivity index (χ4v) is 1.85. The van der Waals surface area contributed by atoms with Crippen LogP contribution in [0.5, 0.6) is 0 Å². The number of ether oxygens (including phenoxy) is 1. The molecular formula is C13H24N4O. The third kappa shape index (κ3) is 4.49. The molecule has 0 aliphatic heterocycles. The first-order valence-electron chi connectivity index (χ1n) is 6.57. The zero-order chi connectivity index (χ0) is 13.2. The minimum atomic E-state index is 0.815. The highest BCUT2D eigenvalue weighted by atomic mass is 16.5. The molecule has 0 aliphatic carbocycles. The molecule has 102 valence electrons. The van der Waals surface area contributed by atoms with E-state index in [4.69, 9.17) is 4.74 Å². The molecule has 0 bridgehead atoms. The van der Waals surface area contributed by atoms with Crippen LogP contribution in [0.1, 0.15) is 31.7 Å². The average molecular weight is 252 g/mol. The van der Waals surface area contributed by atoms with Gasteiger partial charge >= 0.3 is 0 Å². The Kier molecular flexibility index (Phi) is 7.10. The fourth-order valence-electron chi connectivity index (χ4n) is 1.85. The van der Waals surface area contributed by atoms with Crippen molar-refractivity contribution in [1.82, 2.24) is 9.97 Å². The highest BCUT2D eigenvalue weighted by molar-refractivity contribution is 5.57. The molecule has 2 N–H and O–H groups in total. The number of anilines is 2. The van der Waals surface area contributed by atoms with Gasteiger partial charge in [-0.05, 0) is 19.3 Å². The lowest BCUT2D eigenvalue weighted by Crippen LogP contribution is -2.10. The standard InChI is InChI=1S/C13H24N4O/c1-4-7-11-12(14-2)16-10-17-13(11)15-8-5-6-9-18-3/h10H,4-9H2,1-3H3,(H2,14,15,16,17).